The Morgan fingerprint density at radius 2 is 1.91 bits per heavy atom. The Balaban J connectivity index is 1.53. The zero-order valence-corrected chi connectivity index (χ0v) is 19.0. The van der Waals surface area contributed by atoms with Crippen molar-refractivity contribution < 1.29 is 23.5 Å². The minimum absolute atomic E-state index is 0.0206. The lowest BCUT2D eigenvalue weighted by atomic mass is 10.1. The standard InChI is InChI=1S/C26H25N3O5/c1-17-15-19(9-12-23(17)29-13-3-6-24(29)30)27-26(32)22(16-21-5-4-14-34-21)28-25(31)18-7-10-20(33-2)11-8-18/h4-5,7-12,14-16H,3,6,13H2,1-2H3,(H,27,32)(H,28,31)/b22-16-. The number of ether oxygens (including phenoxy) is 1. The molecule has 8 nitrogen and oxygen atoms in total. The fraction of sp³-hybridized carbons (Fsp3) is 0.192. The average Bonchev–Trinajstić information content (AvgIpc) is 3.50. The Hall–Kier alpha value is -4.33. The summed E-state index contributed by atoms with van der Waals surface area (Å²) in [5.41, 5.74) is 2.63. The van der Waals surface area contributed by atoms with Gasteiger partial charge >= 0.3 is 0 Å². The van der Waals surface area contributed by atoms with Crippen LogP contribution in [0, 0.1) is 6.92 Å². The van der Waals surface area contributed by atoms with Gasteiger partial charge in [0.25, 0.3) is 11.8 Å². The highest BCUT2D eigenvalue weighted by atomic mass is 16.5. The van der Waals surface area contributed by atoms with Crippen LogP contribution in [-0.2, 0) is 9.59 Å². The van der Waals surface area contributed by atoms with Gasteiger partial charge in [0.05, 0.1) is 13.4 Å². The van der Waals surface area contributed by atoms with Crippen LogP contribution in [0.4, 0.5) is 11.4 Å². The van der Waals surface area contributed by atoms with Crippen molar-refractivity contribution >= 4 is 35.2 Å². The van der Waals surface area contributed by atoms with Crippen LogP contribution in [0.3, 0.4) is 0 Å². The van der Waals surface area contributed by atoms with Gasteiger partial charge < -0.3 is 24.7 Å². The molecule has 0 saturated carbocycles. The number of hydrogen-bond donors (Lipinski definition) is 2. The molecule has 2 aromatic carbocycles. The van der Waals surface area contributed by atoms with E-state index in [2.05, 4.69) is 10.6 Å². The van der Waals surface area contributed by atoms with Crippen LogP contribution in [0.15, 0.2) is 71.0 Å². The molecule has 0 unspecified atom stereocenters. The summed E-state index contributed by atoms with van der Waals surface area (Å²) in [6, 6.07) is 15.3. The molecule has 8 heteroatoms. The Labute approximate surface area is 197 Å². The second kappa shape index (κ2) is 10.1. The highest BCUT2D eigenvalue weighted by molar-refractivity contribution is 6.10. The lowest BCUT2D eigenvalue weighted by Crippen LogP contribution is -2.30. The molecule has 3 aromatic rings. The number of benzene rings is 2. The molecule has 174 valence electrons. The molecule has 1 aromatic heterocycles. The van der Waals surface area contributed by atoms with E-state index in [1.165, 1.54) is 12.3 Å². The first-order chi connectivity index (χ1) is 16.4. The maximum absolute atomic E-state index is 13.1. The molecule has 1 fully saturated rings. The zero-order valence-electron chi connectivity index (χ0n) is 19.0. The largest absolute Gasteiger partial charge is 0.497 e. The van der Waals surface area contributed by atoms with Gasteiger partial charge in [-0.05, 0) is 73.5 Å². The van der Waals surface area contributed by atoms with E-state index in [0.29, 0.717) is 35.7 Å². The van der Waals surface area contributed by atoms with Crippen LogP contribution >= 0.6 is 0 Å². The quantitative estimate of drug-likeness (QED) is 0.518. The zero-order chi connectivity index (χ0) is 24.1. The van der Waals surface area contributed by atoms with E-state index < -0.39 is 11.8 Å². The number of carbonyl (C=O) groups is 3. The van der Waals surface area contributed by atoms with Gasteiger partial charge in [0.1, 0.15) is 17.2 Å². The van der Waals surface area contributed by atoms with Crippen molar-refractivity contribution in [3.63, 3.8) is 0 Å². The molecular formula is C26H25N3O5. The summed E-state index contributed by atoms with van der Waals surface area (Å²) in [5, 5.41) is 5.47. The van der Waals surface area contributed by atoms with Crippen LogP contribution in [0.5, 0.6) is 5.75 Å². The van der Waals surface area contributed by atoms with E-state index in [-0.39, 0.29) is 11.6 Å². The van der Waals surface area contributed by atoms with E-state index in [1.807, 2.05) is 13.0 Å². The van der Waals surface area contributed by atoms with E-state index >= 15 is 0 Å². The molecule has 0 bridgehead atoms. The SMILES string of the molecule is COc1ccc(C(=O)N/C(=C\c2ccco2)C(=O)Nc2ccc(N3CCCC3=O)c(C)c2)cc1. The third-order valence-electron chi connectivity index (χ3n) is 5.49. The Bertz CT molecular complexity index is 1230. The van der Waals surface area contributed by atoms with E-state index in [9.17, 15) is 14.4 Å². The normalized spacial score (nSPS) is 13.6. The van der Waals surface area contributed by atoms with Gasteiger partial charge in [-0.2, -0.15) is 0 Å². The van der Waals surface area contributed by atoms with E-state index in [1.54, 1.807) is 60.5 Å². The summed E-state index contributed by atoms with van der Waals surface area (Å²) in [5.74, 6) is 0.177. The van der Waals surface area contributed by atoms with Gasteiger partial charge in [0.15, 0.2) is 0 Å². The third-order valence-corrected chi connectivity index (χ3v) is 5.49. The summed E-state index contributed by atoms with van der Waals surface area (Å²) < 4.78 is 10.4. The fourth-order valence-corrected chi connectivity index (χ4v) is 3.75. The number of amides is 3. The molecule has 3 amide bonds. The number of hydrogen-bond acceptors (Lipinski definition) is 5. The van der Waals surface area contributed by atoms with Gasteiger partial charge in [-0.3, -0.25) is 14.4 Å². The summed E-state index contributed by atoms with van der Waals surface area (Å²) in [4.78, 5) is 39.7. The molecule has 0 atom stereocenters. The second-order valence-corrected chi connectivity index (χ2v) is 7.86. The molecule has 1 aliphatic rings. The van der Waals surface area contributed by atoms with Gasteiger partial charge in [-0.1, -0.05) is 0 Å². The molecule has 0 radical (unpaired) electrons. The molecule has 1 aliphatic heterocycles. The predicted molar refractivity (Wildman–Crippen MR) is 129 cm³/mol. The van der Waals surface area contributed by atoms with E-state index in [4.69, 9.17) is 9.15 Å². The van der Waals surface area contributed by atoms with Gasteiger partial charge in [0.2, 0.25) is 5.91 Å². The number of methoxy groups -OCH3 is 1. The topological polar surface area (TPSA) is 101 Å². The minimum Gasteiger partial charge on any atom is -0.497 e. The molecule has 2 heterocycles. The van der Waals surface area contributed by atoms with Crippen molar-refractivity contribution in [2.45, 2.75) is 19.8 Å². The van der Waals surface area contributed by atoms with Crippen LogP contribution in [0.2, 0.25) is 0 Å². The first-order valence-electron chi connectivity index (χ1n) is 10.9. The maximum atomic E-state index is 13.1. The molecule has 34 heavy (non-hydrogen) atoms. The van der Waals surface area contributed by atoms with Crippen LogP contribution in [-0.4, -0.2) is 31.4 Å². The van der Waals surface area contributed by atoms with Crippen molar-refractivity contribution in [3.8, 4) is 5.75 Å². The number of anilines is 2. The van der Waals surface area contributed by atoms with Gasteiger partial charge in [-0.25, -0.2) is 0 Å². The summed E-state index contributed by atoms with van der Waals surface area (Å²) >= 11 is 0. The molecule has 2 N–H and O–H groups in total. The van der Waals surface area contributed by atoms with Crippen molar-refractivity contribution in [1.82, 2.24) is 5.32 Å². The first kappa shape index (κ1) is 22.8. The molecule has 1 saturated heterocycles. The molecular weight excluding hydrogens is 434 g/mol. The third kappa shape index (κ3) is 5.17. The Morgan fingerprint density at radius 1 is 1.12 bits per heavy atom. The minimum atomic E-state index is -0.511. The van der Waals surface area contributed by atoms with Gasteiger partial charge in [0, 0.05) is 36.0 Å². The Morgan fingerprint density at radius 3 is 2.53 bits per heavy atom. The van der Waals surface area contributed by atoms with Crippen molar-refractivity contribution in [3.05, 3.63) is 83.4 Å². The predicted octanol–water partition coefficient (Wildman–Crippen LogP) is 4.13. The van der Waals surface area contributed by atoms with Crippen molar-refractivity contribution in [1.29, 1.82) is 0 Å². The lowest BCUT2D eigenvalue weighted by molar-refractivity contribution is -0.117. The van der Waals surface area contributed by atoms with Crippen molar-refractivity contribution in [2.24, 2.45) is 0 Å². The average molecular weight is 460 g/mol. The lowest BCUT2D eigenvalue weighted by Gasteiger charge is -2.19. The van der Waals surface area contributed by atoms with E-state index in [0.717, 1.165) is 17.7 Å². The Kier molecular flexibility index (Phi) is 6.77. The van der Waals surface area contributed by atoms with Crippen LogP contribution in [0.25, 0.3) is 6.08 Å². The highest BCUT2D eigenvalue weighted by Crippen LogP contribution is 2.27. The maximum Gasteiger partial charge on any atom is 0.272 e. The van der Waals surface area contributed by atoms with Gasteiger partial charge in [-0.15, -0.1) is 0 Å². The first-order valence-corrected chi connectivity index (χ1v) is 10.9. The molecule has 0 aliphatic carbocycles. The molecule has 0 spiro atoms. The number of nitrogens with one attached hydrogen (secondary N) is 2. The number of rotatable bonds is 7. The summed E-state index contributed by atoms with van der Waals surface area (Å²) in [6.07, 6.45) is 4.33. The number of aryl methyl sites for hydroxylation is 1. The summed E-state index contributed by atoms with van der Waals surface area (Å²) in [7, 11) is 1.54. The van der Waals surface area contributed by atoms with Crippen LogP contribution < -0.4 is 20.3 Å². The summed E-state index contributed by atoms with van der Waals surface area (Å²) in [6.45, 7) is 2.58. The smallest absolute Gasteiger partial charge is 0.272 e. The monoisotopic (exact) mass is 459 g/mol. The number of furan rings is 1. The van der Waals surface area contributed by atoms with Crippen molar-refractivity contribution in [2.75, 3.05) is 23.9 Å². The van der Waals surface area contributed by atoms with Crippen LogP contribution in [0.1, 0.15) is 34.5 Å². The highest BCUT2D eigenvalue weighted by Gasteiger charge is 2.23. The fourth-order valence-electron chi connectivity index (χ4n) is 3.75. The number of nitrogens with zero attached hydrogens (tertiary/aromatic N) is 1. The second-order valence-electron chi connectivity index (χ2n) is 7.86. The molecule has 4 rings (SSSR count). The number of carbonyl (C=O) groups excluding carboxylic acids is 3.